The SMILES string of the molecule is C=CCNc1nnc(SCc2cc(C)on2)s1. The molecule has 0 spiro atoms. The van der Waals surface area contributed by atoms with Gasteiger partial charge in [-0.1, -0.05) is 34.3 Å². The van der Waals surface area contributed by atoms with Gasteiger partial charge in [-0.05, 0) is 6.92 Å². The molecule has 5 nitrogen and oxygen atoms in total. The maximum Gasteiger partial charge on any atom is 0.206 e. The van der Waals surface area contributed by atoms with Crippen molar-refractivity contribution in [1.82, 2.24) is 15.4 Å². The van der Waals surface area contributed by atoms with E-state index in [0.29, 0.717) is 6.54 Å². The summed E-state index contributed by atoms with van der Waals surface area (Å²) in [5, 5.41) is 15.9. The Morgan fingerprint density at radius 2 is 2.47 bits per heavy atom. The number of rotatable bonds is 6. The van der Waals surface area contributed by atoms with E-state index in [1.165, 1.54) is 11.3 Å². The van der Waals surface area contributed by atoms with E-state index in [1.54, 1.807) is 17.8 Å². The van der Waals surface area contributed by atoms with Crippen molar-refractivity contribution in [2.45, 2.75) is 17.0 Å². The molecule has 1 N–H and O–H groups in total. The van der Waals surface area contributed by atoms with Gasteiger partial charge in [-0.2, -0.15) is 0 Å². The van der Waals surface area contributed by atoms with E-state index in [1.807, 2.05) is 13.0 Å². The van der Waals surface area contributed by atoms with Crippen LogP contribution in [0.3, 0.4) is 0 Å². The minimum Gasteiger partial charge on any atom is -0.361 e. The maximum absolute atomic E-state index is 4.99. The first-order chi connectivity index (χ1) is 8.28. The summed E-state index contributed by atoms with van der Waals surface area (Å²) >= 11 is 3.12. The van der Waals surface area contributed by atoms with Crippen molar-refractivity contribution in [3.05, 3.63) is 30.2 Å². The van der Waals surface area contributed by atoms with Crippen molar-refractivity contribution in [3.63, 3.8) is 0 Å². The summed E-state index contributed by atoms with van der Waals surface area (Å²) in [7, 11) is 0. The Kier molecular flexibility index (Phi) is 4.16. The highest BCUT2D eigenvalue weighted by molar-refractivity contribution is 8.00. The summed E-state index contributed by atoms with van der Waals surface area (Å²) in [6.07, 6.45) is 1.78. The van der Waals surface area contributed by atoms with Crippen LogP contribution in [0.5, 0.6) is 0 Å². The minimum absolute atomic E-state index is 0.696. The molecule has 0 unspecified atom stereocenters. The Morgan fingerprint density at radius 1 is 1.59 bits per heavy atom. The van der Waals surface area contributed by atoms with Crippen molar-refractivity contribution >= 4 is 28.2 Å². The largest absolute Gasteiger partial charge is 0.361 e. The number of aromatic nitrogens is 3. The van der Waals surface area contributed by atoms with Gasteiger partial charge in [-0.15, -0.1) is 16.8 Å². The Bertz CT molecular complexity index is 494. The van der Waals surface area contributed by atoms with Gasteiger partial charge >= 0.3 is 0 Å². The van der Waals surface area contributed by atoms with E-state index in [9.17, 15) is 0 Å². The van der Waals surface area contributed by atoms with Gasteiger partial charge in [0, 0.05) is 18.4 Å². The van der Waals surface area contributed by atoms with Crippen LogP contribution in [-0.4, -0.2) is 21.9 Å². The summed E-state index contributed by atoms with van der Waals surface area (Å²) in [5.74, 6) is 1.57. The molecule has 90 valence electrons. The van der Waals surface area contributed by atoms with Crippen LogP contribution in [0.15, 0.2) is 27.6 Å². The summed E-state index contributed by atoms with van der Waals surface area (Å²) in [6, 6.07) is 1.92. The number of hydrogen-bond acceptors (Lipinski definition) is 7. The van der Waals surface area contributed by atoms with Gasteiger partial charge in [0.1, 0.15) is 5.76 Å². The average molecular weight is 268 g/mol. The highest BCUT2D eigenvalue weighted by Gasteiger charge is 2.06. The summed E-state index contributed by atoms with van der Waals surface area (Å²) in [4.78, 5) is 0. The molecular formula is C10H12N4OS2. The quantitative estimate of drug-likeness (QED) is 0.642. The topological polar surface area (TPSA) is 63.8 Å². The number of hydrogen-bond donors (Lipinski definition) is 1. The zero-order chi connectivity index (χ0) is 12.1. The molecule has 0 bridgehead atoms. The minimum atomic E-state index is 0.696. The standard InChI is InChI=1S/C10H12N4OS2/c1-3-4-11-9-12-13-10(17-9)16-6-8-5-7(2)15-14-8/h3,5H,1,4,6H2,2H3,(H,11,12). The molecular weight excluding hydrogens is 256 g/mol. The van der Waals surface area contributed by atoms with Crippen LogP contribution in [-0.2, 0) is 5.75 Å². The summed E-state index contributed by atoms with van der Waals surface area (Å²) < 4.78 is 5.91. The molecule has 0 atom stereocenters. The predicted octanol–water partition coefficient (Wildman–Crippen LogP) is 2.72. The predicted molar refractivity (Wildman–Crippen MR) is 69.4 cm³/mol. The van der Waals surface area contributed by atoms with Crippen LogP contribution in [0.4, 0.5) is 5.13 Å². The molecule has 17 heavy (non-hydrogen) atoms. The molecule has 2 aromatic heterocycles. The molecule has 2 rings (SSSR count). The van der Waals surface area contributed by atoms with Gasteiger partial charge in [0.05, 0.1) is 5.69 Å². The summed E-state index contributed by atoms with van der Waals surface area (Å²) in [5.41, 5.74) is 0.920. The lowest BCUT2D eigenvalue weighted by Crippen LogP contribution is -1.96. The molecule has 0 aromatic carbocycles. The van der Waals surface area contributed by atoms with Gasteiger partial charge in [0.25, 0.3) is 0 Å². The monoisotopic (exact) mass is 268 g/mol. The fourth-order valence-electron chi connectivity index (χ4n) is 1.12. The lowest BCUT2D eigenvalue weighted by atomic mass is 10.4. The second-order valence-corrected chi connectivity index (χ2v) is 5.46. The van der Waals surface area contributed by atoms with Crippen molar-refractivity contribution < 1.29 is 4.52 Å². The molecule has 0 fully saturated rings. The molecule has 0 saturated heterocycles. The van der Waals surface area contributed by atoms with Crippen LogP contribution in [0.2, 0.25) is 0 Å². The van der Waals surface area contributed by atoms with Crippen LogP contribution in [0, 0.1) is 6.92 Å². The smallest absolute Gasteiger partial charge is 0.206 e. The van der Waals surface area contributed by atoms with E-state index >= 15 is 0 Å². The van der Waals surface area contributed by atoms with E-state index in [4.69, 9.17) is 4.52 Å². The van der Waals surface area contributed by atoms with Crippen LogP contribution < -0.4 is 5.32 Å². The molecule has 7 heteroatoms. The average Bonchev–Trinajstić information content (AvgIpc) is 2.93. The Morgan fingerprint density at radius 3 is 3.18 bits per heavy atom. The molecule has 0 radical (unpaired) electrons. The van der Waals surface area contributed by atoms with E-state index < -0.39 is 0 Å². The third-order valence-corrected chi connectivity index (χ3v) is 3.87. The fraction of sp³-hybridized carbons (Fsp3) is 0.300. The lowest BCUT2D eigenvalue weighted by molar-refractivity contribution is 0.393. The second kappa shape index (κ2) is 5.83. The highest BCUT2D eigenvalue weighted by Crippen LogP contribution is 2.27. The zero-order valence-electron chi connectivity index (χ0n) is 9.34. The van der Waals surface area contributed by atoms with Crippen molar-refractivity contribution in [1.29, 1.82) is 0 Å². The van der Waals surface area contributed by atoms with Crippen LogP contribution >= 0.6 is 23.1 Å². The zero-order valence-corrected chi connectivity index (χ0v) is 11.0. The first-order valence-electron chi connectivity index (χ1n) is 5.01. The van der Waals surface area contributed by atoms with Crippen molar-refractivity contribution in [2.75, 3.05) is 11.9 Å². The Balaban J connectivity index is 1.86. The summed E-state index contributed by atoms with van der Waals surface area (Å²) in [6.45, 7) is 6.21. The maximum atomic E-state index is 4.99. The second-order valence-electron chi connectivity index (χ2n) is 3.26. The van der Waals surface area contributed by atoms with Gasteiger partial charge in [-0.25, -0.2) is 0 Å². The number of aryl methyl sites for hydroxylation is 1. The third-order valence-electron chi connectivity index (χ3n) is 1.82. The molecule has 0 aliphatic heterocycles. The van der Waals surface area contributed by atoms with Gasteiger partial charge in [-0.3, -0.25) is 0 Å². The van der Waals surface area contributed by atoms with Crippen molar-refractivity contribution in [3.8, 4) is 0 Å². The van der Waals surface area contributed by atoms with Crippen LogP contribution in [0.1, 0.15) is 11.5 Å². The molecule has 0 aliphatic carbocycles. The van der Waals surface area contributed by atoms with Gasteiger partial charge in [0.2, 0.25) is 5.13 Å². The number of nitrogens with one attached hydrogen (secondary N) is 1. The van der Waals surface area contributed by atoms with Gasteiger partial charge < -0.3 is 9.84 Å². The Hall–Kier alpha value is -1.34. The molecule has 0 saturated carbocycles. The number of anilines is 1. The van der Waals surface area contributed by atoms with Gasteiger partial charge in [0.15, 0.2) is 4.34 Å². The molecule has 2 heterocycles. The highest BCUT2D eigenvalue weighted by atomic mass is 32.2. The Labute approximate surface area is 107 Å². The van der Waals surface area contributed by atoms with E-state index in [2.05, 4.69) is 27.2 Å². The van der Waals surface area contributed by atoms with E-state index in [0.717, 1.165) is 26.7 Å². The number of thioether (sulfide) groups is 1. The van der Waals surface area contributed by atoms with E-state index in [-0.39, 0.29) is 0 Å². The molecule has 0 aliphatic rings. The normalized spacial score (nSPS) is 10.4. The first kappa shape index (κ1) is 12.1. The molecule has 0 amide bonds. The van der Waals surface area contributed by atoms with Crippen LogP contribution in [0.25, 0.3) is 0 Å². The van der Waals surface area contributed by atoms with Crippen molar-refractivity contribution in [2.24, 2.45) is 0 Å². The fourth-order valence-corrected chi connectivity index (χ4v) is 2.76. The first-order valence-corrected chi connectivity index (χ1v) is 6.81. The molecule has 2 aromatic rings. The lowest BCUT2D eigenvalue weighted by Gasteiger charge is -1.93. The third kappa shape index (κ3) is 3.57. The number of nitrogens with zero attached hydrogens (tertiary/aromatic N) is 3.